The fourth-order valence-corrected chi connectivity index (χ4v) is 3.83. The zero-order valence-electron chi connectivity index (χ0n) is 16.0. The summed E-state index contributed by atoms with van der Waals surface area (Å²) in [5.41, 5.74) is 2.45. The highest BCUT2D eigenvalue weighted by molar-refractivity contribution is 6.05. The largest absolute Gasteiger partial charge is 0.508 e. The predicted octanol–water partition coefficient (Wildman–Crippen LogP) is 3.40. The number of aryl methyl sites for hydroxylation is 1. The van der Waals surface area contributed by atoms with Gasteiger partial charge in [0.05, 0.1) is 12.4 Å². The van der Waals surface area contributed by atoms with E-state index in [4.69, 9.17) is 0 Å². The lowest BCUT2D eigenvalue weighted by Crippen LogP contribution is -2.38. The Morgan fingerprint density at radius 3 is 2.41 bits per heavy atom. The van der Waals surface area contributed by atoms with E-state index >= 15 is 0 Å². The van der Waals surface area contributed by atoms with Gasteiger partial charge < -0.3 is 19.7 Å². The number of nitrogens with zero attached hydrogens (tertiary/aromatic N) is 3. The van der Waals surface area contributed by atoms with Crippen molar-refractivity contribution in [3.63, 3.8) is 0 Å². The first-order valence-corrected chi connectivity index (χ1v) is 9.66. The van der Waals surface area contributed by atoms with E-state index in [1.807, 2.05) is 41.1 Å². The van der Waals surface area contributed by atoms with Crippen molar-refractivity contribution in [2.45, 2.75) is 25.4 Å². The maximum absolute atomic E-state index is 12.9. The number of phenols is 1. The lowest BCUT2D eigenvalue weighted by Gasteiger charge is -2.27. The maximum atomic E-state index is 12.9. The van der Waals surface area contributed by atoms with Crippen LogP contribution in [0.3, 0.4) is 0 Å². The number of aromatic nitrogens is 2. The van der Waals surface area contributed by atoms with Crippen molar-refractivity contribution in [3.05, 3.63) is 90.2 Å². The van der Waals surface area contributed by atoms with Crippen LogP contribution in [0.25, 0.3) is 5.57 Å². The molecule has 0 radical (unpaired) electrons. The minimum absolute atomic E-state index is 0.148. The Morgan fingerprint density at radius 2 is 1.72 bits per heavy atom. The maximum Gasteiger partial charge on any atom is 0.289 e. The van der Waals surface area contributed by atoms with Crippen LogP contribution < -0.4 is 0 Å². The van der Waals surface area contributed by atoms with E-state index in [0.717, 1.165) is 24.1 Å². The lowest BCUT2D eigenvalue weighted by atomic mass is 9.94. The summed E-state index contributed by atoms with van der Waals surface area (Å²) in [6.07, 6.45) is 6.74. The van der Waals surface area contributed by atoms with Crippen molar-refractivity contribution >= 4 is 11.5 Å². The summed E-state index contributed by atoms with van der Waals surface area (Å²) in [4.78, 5) is 18.7. The molecule has 2 N–H and O–H groups in total. The summed E-state index contributed by atoms with van der Waals surface area (Å²) in [5.74, 6) is -0.408. The van der Waals surface area contributed by atoms with Gasteiger partial charge >= 0.3 is 0 Å². The van der Waals surface area contributed by atoms with E-state index < -0.39 is 0 Å². The van der Waals surface area contributed by atoms with E-state index in [1.54, 1.807) is 41.7 Å². The van der Waals surface area contributed by atoms with Crippen LogP contribution in [0, 0.1) is 0 Å². The molecule has 1 unspecified atom stereocenters. The van der Waals surface area contributed by atoms with E-state index in [0.29, 0.717) is 18.5 Å². The molecule has 148 valence electrons. The molecule has 0 saturated carbocycles. The summed E-state index contributed by atoms with van der Waals surface area (Å²) in [6, 6.07) is 16.3. The minimum atomic E-state index is -0.348. The molecule has 0 aliphatic carbocycles. The monoisotopic (exact) mass is 389 g/mol. The second-order valence-corrected chi connectivity index (χ2v) is 7.17. The third-order valence-corrected chi connectivity index (χ3v) is 5.25. The van der Waals surface area contributed by atoms with E-state index in [2.05, 4.69) is 4.98 Å². The molecule has 0 bridgehead atoms. The molecule has 29 heavy (non-hydrogen) atoms. The van der Waals surface area contributed by atoms with Gasteiger partial charge in [-0.2, -0.15) is 0 Å². The molecule has 2 heterocycles. The fourth-order valence-electron chi connectivity index (χ4n) is 3.83. The number of hydrogen-bond donors (Lipinski definition) is 2. The number of carbonyl (C=O) groups excluding carboxylic acids is 1. The number of phenolic OH excluding ortho intramolecular Hbond substituents is 1. The predicted molar refractivity (Wildman–Crippen MR) is 110 cm³/mol. The Balaban J connectivity index is 1.61. The second-order valence-electron chi connectivity index (χ2n) is 7.17. The molecular weight excluding hydrogens is 366 g/mol. The third-order valence-electron chi connectivity index (χ3n) is 5.25. The standard InChI is InChI=1S/C23H23N3O3/c27-19-9-7-18(8-10-19)21-20(15-17-5-2-1-3-6-17)26(23(29)22(21)28)13-4-12-25-14-11-24-16-25/h1-3,5-11,14,16,20,27-28H,4,12-13,15H2. The van der Waals surface area contributed by atoms with E-state index in [-0.39, 0.29) is 23.5 Å². The van der Waals surface area contributed by atoms with Crippen molar-refractivity contribution in [2.24, 2.45) is 0 Å². The average molecular weight is 389 g/mol. The van der Waals surface area contributed by atoms with Crippen LogP contribution >= 0.6 is 0 Å². The third kappa shape index (κ3) is 4.01. The van der Waals surface area contributed by atoms with Crippen LogP contribution in [-0.2, 0) is 17.8 Å². The van der Waals surface area contributed by atoms with Crippen LogP contribution in [-0.4, -0.2) is 43.2 Å². The van der Waals surface area contributed by atoms with Gasteiger partial charge in [-0.15, -0.1) is 0 Å². The highest BCUT2D eigenvalue weighted by Crippen LogP contribution is 2.35. The first-order valence-electron chi connectivity index (χ1n) is 9.66. The number of aliphatic hydroxyl groups excluding tert-OH is 1. The first-order chi connectivity index (χ1) is 14.1. The molecule has 1 amide bonds. The molecule has 3 aromatic rings. The van der Waals surface area contributed by atoms with Crippen LogP contribution in [0.5, 0.6) is 5.75 Å². The quantitative estimate of drug-likeness (QED) is 0.649. The molecule has 1 aromatic heterocycles. The number of carbonyl (C=O) groups is 1. The number of hydrogen-bond acceptors (Lipinski definition) is 4. The van der Waals surface area contributed by atoms with Crippen molar-refractivity contribution in [1.82, 2.24) is 14.5 Å². The summed E-state index contributed by atoms with van der Waals surface area (Å²) in [5, 5.41) is 20.3. The summed E-state index contributed by atoms with van der Waals surface area (Å²) in [7, 11) is 0. The molecule has 4 rings (SSSR count). The van der Waals surface area contributed by atoms with Crippen molar-refractivity contribution in [2.75, 3.05) is 6.54 Å². The highest BCUT2D eigenvalue weighted by atomic mass is 16.3. The first kappa shape index (κ1) is 18.8. The molecule has 6 nitrogen and oxygen atoms in total. The molecule has 1 aliphatic heterocycles. The number of amides is 1. The topological polar surface area (TPSA) is 78.6 Å². The molecule has 0 saturated heterocycles. The van der Waals surface area contributed by atoms with Gasteiger partial charge in [-0.1, -0.05) is 42.5 Å². The number of aliphatic hydroxyl groups is 1. The zero-order valence-corrected chi connectivity index (χ0v) is 16.0. The van der Waals surface area contributed by atoms with Gasteiger partial charge in [0, 0.05) is 31.1 Å². The van der Waals surface area contributed by atoms with Gasteiger partial charge in [0.15, 0.2) is 5.76 Å². The molecular formula is C23H23N3O3. The van der Waals surface area contributed by atoms with Crippen molar-refractivity contribution in [3.8, 4) is 5.75 Å². The molecule has 1 aliphatic rings. The Bertz CT molecular complexity index is 996. The smallest absolute Gasteiger partial charge is 0.289 e. The van der Waals surface area contributed by atoms with Crippen LogP contribution in [0.1, 0.15) is 17.5 Å². The Morgan fingerprint density at radius 1 is 0.966 bits per heavy atom. The Kier molecular flexibility index (Phi) is 5.33. The second kappa shape index (κ2) is 8.22. The van der Waals surface area contributed by atoms with Gasteiger partial charge in [0.2, 0.25) is 0 Å². The average Bonchev–Trinajstić information content (AvgIpc) is 3.33. The SMILES string of the molecule is O=C1C(O)=C(c2ccc(O)cc2)C(Cc2ccccc2)N1CCCn1ccnc1. The van der Waals surface area contributed by atoms with Gasteiger partial charge in [-0.25, -0.2) is 4.98 Å². The Hall–Kier alpha value is -3.54. The van der Waals surface area contributed by atoms with Gasteiger partial charge in [0.25, 0.3) is 5.91 Å². The molecule has 1 atom stereocenters. The Labute approximate surface area is 169 Å². The molecule has 2 aromatic carbocycles. The van der Waals surface area contributed by atoms with Crippen LogP contribution in [0.4, 0.5) is 0 Å². The summed E-state index contributed by atoms with van der Waals surface area (Å²) >= 11 is 0. The van der Waals surface area contributed by atoms with E-state index in [9.17, 15) is 15.0 Å². The van der Waals surface area contributed by atoms with Crippen molar-refractivity contribution < 1.29 is 15.0 Å². The number of aromatic hydroxyl groups is 1. The number of benzene rings is 2. The van der Waals surface area contributed by atoms with Crippen LogP contribution in [0.15, 0.2) is 79.1 Å². The number of imidazole rings is 1. The van der Waals surface area contributed by atoms with Gasteiger partial charge in [-0.3, -0.25) is 4.79 Å². The highest BCUT2D eigenvalue weighted by Gasteiger charge is 2.39. The fraction of sp³-hybridized carbons (Fsp3) is 0.217. The van der Waals surface area contributed by atoms with Crippen LogP contribution in [0.2, 0.25) is 0 Å². The molecule has 0 fully saturated rings. The van der Waals surface area contributed by atoms with Gasteiger partial charge in [0.1, 0.15) is 5.75 Å². The molecule has 6 heteroatoms. The lowest BCUT2D eigenvalue weighted by molar-refractivity contribution is -0.129. The summed E-state index contributed by atoms with van der Waals surface area (Å²) in [6.45, 7) is 1.28. The number of rotatable bonds is 7. The zero-order chi connectivity index (χ0) is 20.2. The normalized spacial score (nSPS) is 16.6. The van der Waals surface area contributed by atoms with E-state index in [1.165, 1.54) is 0 Å². The van der Waals surface area contributed by atoms with Gasteiger partial charge in [-0.05, 0) is 36.1 Å². The molecule has 0 spiro atoms. The summed E-state index contributed by atoms with van der Waals surface area (Å²) < 4.78 is 1.97. The minimum Gasteiger partial charge on any atom is -0.508 e. The van der Waals surface area contributed by atoms with Crippen molar-refractivity contribution in [1.29, 1.82) is 0 Å².